The summed E-state index contributed by atoms with van der Waals surface area (Å²) in [5.41, 5.74) is 3.57. The van der Waals surface area contributed by atoms with Crippen LogP contribution in [0.2, 0.25) is 0 Å². The Kier molecular flexibility index (Phi) is 7.49. The van der Waals surface area contributed by atoms with Crippen LogP contribution in [-0.4, -0.2) is 69.4 Å². The summed E-state index contributed by atoms with van der Waals surface area (Å²) in [5.74, 6) is 0.302. The van der Waals surface area contributed by atoms with E-state index in [1.807, 2.05) is 35.2 Å². The molecule has 7 nitrogen and oxygen atoms in total. The van der Waals surface area contributed by atoms with Gasteiger partial charge in [-0.15, -0.1) is 11.8 Å². The van der Waals surface area contributed by atoms with Gasteiger partial charge in [-0.25, -0.2) is 0 Å². The van der Waals surface area contributed by atoms with Crippen molar-refractivity contribution >= 4 is 29.3 Å². The zero-order valence-electron chi connectivity index (χ0n) is 19.8. The molecule has 0 spiro atoms. The molecule has 0 radical (unpaired) electrons. The summed E-state index contributed by atoms with van der Waals surface area (Å²) in [4.78, 5) is 30.6. The van der Waals surface area contributed by atoms with Gasteiger partial charge >= 0.3 is 0 Å². The van der Waals surface area contributed by atoms with Crippen LogP contribution in [0.25, 0.3) is 0 Å². The summed E-state index contributed by atoms with van der Waals surface area (Å²) in [6.45, 7) is 3.51. The largest absolute Gasteiger partial charge is 0.339 e. The Morgan fingerprint density at radius 2 is 1.71 bits per heavy atom. The van der Waals surface area contributed by atoms with Gasteiger partial charge in [-0.2, -0.15) is 5.10 Å². The van der Waals surface area contributed by atoms with Crippen LogP contribution in [0.4, 0.5) is 5.69 Å². The summed E-state index contributed by atoms with van der Waals surface area (Å²) in [6, 6.07) is 19.2. The van der Waals surface area contributed by atoms with E-state index in [9.17, 15) is 9.59 Å². The number of aryl methyl sites for hydroxylation is 1. The predicted octanol–water partition coefficient (Wildman–Crippen LogP) is 3.32. The lowest BCUT2D eigenvalue weighted by Crippen LogP contribution is -2.53. The monoisotopic (exact) mass is 489 g/mol. The average molecular weight is 490 g/mol. The van der Waals surface area contributed by atoms with Gasteiger partial charge in [0.15, 0.2) is 0 Å². The molecule has 2 aliphatic rings. The number of fused-ring (bicyclic) bond motifs is 1. The van der Waals surface area contributed by atoms with E-state index >= 15 is 0 Å². The van der Waals surface area contributed by atoms with E-state index in [1.54, 1.807) is 17.1 Å². The molecule has 0 bridgehead atoms. The summed E-state index contributed by atoms with van der Waals surface area (Å²) >= 11 is 1.49. The highest BCUT2D eigenvalue weighted by Crippen LogP contribution is 2.25. The van der Waals surface area contributed by atoms with Gasteiger partial charge in [0.2, 0.25) is 11.8 Å². The first-order valence-corrected chi connectivity index (χ1v) is 13.2. The van der Waals surface area contributed by atoms with Crippen LogP contribution in [0.3, 0.4) is 0 Å². The van der Waals surface area contributed by atoms with Crippen molar-refractivity contribution in [1.29, 1.82) is 0 Å². The van der Waals surface area contributed by atoms with Crippen molar-refractivity contribution in [3.63, 3.8) is 0 Å². The fourth-order valence-corrected chi connectivity index (χ4v) is 5.66. The number of nitrogens with zero attached hydrogens (tertiary/aromatic N) is 4. The molecule has 182 valence electrons. The van der Waals surface area contributed by atoms with E-state index in [1.165, 1.54) is 29.3 Å². The molecule has 3 aromatic rings. The number of benzene rings is 2. The molecule has 1 aliphatic heterocycles. The zero-order valence-corrected chi connectivity index (χ0v) is 20.6. The lowest BCUT2D eigenvalue weighted by Gasteiger charge is -2.41. The van der Waals surface area contributed by atoms with Crippen LogP contribution < -0.4 is 5.32 Å². The SMILES string of the molecule is O=C(CSc1ccccc1)Nc1cnn(CC(=O)N2CCN([C@H]3CCc4ccccc4C3)CC2)c1. The number of thioether (sulfide) groups is 1. The fraction of sp³-hybridized carbons (Fsp3) is 0.370. The number of aromatic nitrogens is 2. The highest BCUT2D eigenvalue weighted by molar-refractivity contribution is 8.00. The Labute approximate surface area is 210 Å². The standard InChI is InChI=1S/C27H31N5O2S/c33-26(20-35-25-8-2-1-3-9-25)29-23-17-28-32(18-23)19-27(34)31-14-12-30(13-15-31)24-11-10-21-6-4-5-7-22(21)16-24/h1-9,17-18,24H,10-16,19-20H2,(H,29,33)/t24-/m0/s1. The molecule has 1 fully saturated rings. The molecule has 2 aromatic carbocycles. The molecule has 0 unspecified atom stereocenters. The third-order valence-electron chi connectivity index (χ3n) is 6.83. The van der Waals surface area contributed by atoms with Gasteiger partial charge in [-0.05, 0) is 42.5 Å². The first-order valence-electron chi connectivity index (χ1n) is 12.2. The number of nitrogens with one attached hydrogen (secondary N) is 1. The van der Waals surface area contributed by atoms with Gasteiger partial charge in [0, 0.05) is 43.3 Å². The van der Waals surface area contributed by atoms with E-state index < -0.39 is 0 Å². The Morgan fingerprint density at radius 3 is 2.51 bits per heavy atom. The van der Waals surface area contributed by atoms with Gasteiger partial charge in [-0.3, -0.25) is 19.2 Å². The second-order valence-electron chi connectivity index (χ2n) is 9.16. The van der Waals surface area contributed by atoms with Crippen LogP contribution >= 0.6 is 11.8 Å². The molecule has 2 heterocycles. The maximum atomic E-state index is 12.9. The minimum Gasteiger partial charge on any atom is -0.339 e. The molecule has 2 amide bonds. The molecule has 5 rings (SSSR count). The Morgan fingerprint density at radius 1 is 0.971 bits per heavy atom. The van der Waals surface area contributed by atoms with Crippen LogP contribution in [0.15, 0.2) is 71.9 Å². The predicted molar refractivity (Wildman–Crippen MR) is 138 cm³/mol. The van der Waals surface area contributed by atoms with Gasteiger partial charge < -0.3 is 10.2 Å². The van der Waals surface area contributed by atoms with Crippen molar-refractivity contribution in [3.05, 3.63) is 78.1 Å². The van der Waals surface area contributed by atoms with E-state index in [-0.39, 0.29) is 18.4 Å². The van der Waals surface area contributed by atoms with Crippen molar-refractivity contribution in [1.82, 2.24) is 19.6 Å². The average Bonchev–Trinajstić information content (AvgIpc) is 3.34. The maximum Gasteiger partial charge on any atom is 0.244 e. The second kappa shape index (κ2) is 11.1. The Balaban J connectivity index is 1.06. The first-order chi connectivity index (χ1) is 17.1. The molecule has 8 heteroatoms. The number of hydrogen-bond donors (Lipinski definition) is 1. The van der Waals surface area contributed by atoms with E-state index in [4.69, 9.17) is 0 Å². The van der Waals surface area contributed by atoms with Crippen LogP contribution in [0.5, 0.6) is 0 Å². The van der Waals surface area contributed by atoms with Gasteiger partial charge in [-0.1, -0.05) is 42.5 Å². The number of rotatable bonds is 7. The molecule has 1 aromatic heterocycles. The molecule has 35 heavy (non-hydrogen) atoms. The van der Waals surface area contributed by atoms with Gasteiger partial charge in [0.1, 0.15) is 6.54 Å². The lowest BCUT2D eigenvalue weighted by atomic mass is 9.87. The lowest BCUT2D eigenvalue weighted by molar-refractivity contribution is -0.134. The molecular formula is C27H31N5O2S. The topological polar surface area (TPSA) is 70.5 Å². The molecule has 1 N–H and O–H groups in total. The molecule has 1 saturated heterocycles. The minimum absolute atomic E-state index is 0.0687. The Bertz CT molecular complexity index is 1160. The van der Waals surface area contributed by atoms with Crippen molar-refractivity contribution in [2.24, 2.45) is 0 Å². The summed E-state index contributed by atoms with van der Waals surface area (Å²) < 4.78 is 1.60. The van der Waals surface area contributed by atoms with Crippen molar-refractivity contribution in [3.8, 4) is 0 Å². The summed E-state index contributed by atoms with van der Waals surface area (Å²) in [7, 11) is 0. The number of amides is 2. The van der Waals surface area contributed by atoms with Crippen LogP contribution in [-0.2, 0) is 29.0 Å². The quantitative estimate of drug-likeness (QED) is 0.516. The molecule has 0 saturated carbocycles. The molecule has 1 aliphatic carbocycles. The summed E-state index contributed by atoms with van der Waals surface area (Å²) in [6.07, 6.45) is 6.76. The van der Waals surface area contributed by atoms with Crippen LogP contribution in [0, 0.1) is 0 Å². The van der Waals surface area contributed by atoms with Crippen molar-refractivity contribution in [2.45, 2.75) is 36.7 Å². The van der Waals surface area contributed by atoms with E-state index in [0.29, 0.717) is 17.5 Å². The van der Waals surface area contributed by atoms with E-state index in [0.717, 1.165) is 43.9 Å². The normalized spacial score (nSPS) is 18.2. The third-order valence-corrected chi connectivity index (χ3v) is 7.84. The zero-order chi connectivity index (χ0) is 24.0. The molecule has 1 atom stereocenters. The third kappa shape index (κ3) is 6.13. The maximum absolute atomic E-state index is 12.9. The van der Waals surface area contributed by atoms with Gasteiger partial charge in [0.05, 0.1) is 17.6 Å². The number of carbonyl (C=O) groups is 2. The van der Waals surface area contributed by atoms with Gasteiger partial charge in [0.25, 0.3) is 0 Å². The fourth-order valence-electron chi connectivity index (χ4n) is 4.94. The number of carbonyl (C=O) groups excluding carboxylic acids is 2. The van der Waals surface area contributed by atoms with Crippen LogP contribution in [0.1, 0.15) is 17.5 Å². The van der Waals surface area contributed by atoms with Crippen molar-refractivity contribution in [2.75, 3.05) is 37.2 Å². The number of hydrogen-bond acceptors (Lipinski definition) is 5. The summed E-state index contributed by atoms with van der Waals surface area (Å²) in [5, 5.41) is 7.13. The number of piperazine rings is 1. The molecular weight excluding hydrogens is 458 g/mol. The highest BCUT2D eigenvalue weighted by Gasteiger charge is 2.28. The minimum atomic E-state index is -0.0915. The smallest absolute Gasteiger partial charge is 0.244 e. The number of anilines is 1. The van der Waals surface area contributed by atoms with E-state index in [2.05, 4.69) is 39.6 Å². The van der Waals surface area contributed by atoms with Crippen molar-refractivity contribution < 1.29 is 9.59 Å². The Hall–Kier alpha value is -3.10. The second-order valence-corrected chi connectivity index (χ2v) is 10.2. The first kappa shape index (κ1) is 23.6. The highest BCUT2D eigenvalue weighted by atomic mass is 32.2.